The predicted octanol–water partition coefficient (Wildman–Crippen LogP) is 3.15. The fourth-order valence-corrected chi connectivity index (χ4v) is 4.88. The summed E-state index contributed by atoms with van der Waals surface area (Å²) in [5, 5.41) is 7.92. The number of piperidine rings is 1. The van der Waals surface area contributed by atoms with Crippen LogP contribution in [0.15, 0.2) is 36.7 Å². The Kier molecular flexibility index (Phi) is 5.49. The molecule has 1 saturated heterocycles. The average molecular weight is 420 g/mol. The zero-order valence-corrected chi connectivity index (χ0v) is 18.0. The summed E-state index contributed by atoms with van der Waals surface area (Å²) in [5.41, 5.74) is 4.73. The molecule has 3 aromatic rings. The summed E-state index contributed by atoms with van der Waals surface area (Å²) >= 11 is 0. The van der Waals surface area contributed by atoms with Gasteiger partial charge in [0.05, 0.1) is 18.7 Å². The third-order valence-corrected chi connectivity index (χ3v) is 6.49. The lowest BCUT2D eigenvalue weighted by molar-refractivity contribution is -0.125. The number of amides is 1. The molecule has 0 spiro atoms. The lowest BCUT2D eigenvalue weighted by Gasteiger charge is -2.33. The molecule has 162 valence electrons. The summed E-state index contributed by atoms with van der Waals surface area (Å²) in [5.74, 6) is 1.84. The zero-order chi connectivity index (χ0) is 21.2. The Bertz CT molecular complexity index is 1090. The second-order valence-corrected chi connectivity index (χ2v) is 8.53. The van der Waals surface area contributed by atoms with Crippen LogP contribution in [0.5, 0.6) is 5.75 Å². The van der Waals surface area contributed by atoms with Crippen LogP contribution in [0.1, 0.15) is 42.5 Å². The molecule has 1 aliphatic carbocycles. The Labute approximate surface area is 182 Å². The summed E-state index contributed by atoms with van der Waals surface area (Å²) in [6, 6.07) is 7.82. The maximum Gasteiger partial charge on any atom is 0.225 e. The SMILES string of the molecule is COc1cccc(CNC(=O)[C@H]2CCCN(c3nccn4nc5c(c34)CCCC5)C2)c1. The van der Waals surface area contributed by atoms with E-state index in [1.807, 2.05) is 41.2 Å². The van der Waals surface area contributed by atoms with Crippen LogP contribution in [0.4, 0.5) is 5.82 Å². The number of ether oxygens (including phenoxy) is 1. The molecule has 0 radical (unpaired) electrons. The minimum Gasteiger partial charge on any atom is -0.497 e. The summed E-state index contributed by atoms with van der Waals surface area (Å²) in [6.07, 6.45) is 10.2. The van der Waals surface area contributed by atoms with Crippen molar-refractivity contribution in [2.24, 2.45) is 5.92 Å². The smallest absolute Gasteiger partial charge is 0.225 e. The highest BCUT2D eigenvalue weighted by Crippen LogP contribution is 2.32. The number of carbonyl (C=O) groups is 1. The molecular formula is C24H29N5O2. The number of methoxy groups -OCH3 is 1. The van der Waals surface area contributed by atoms with Crippen LogP contribution < -0.4 is 15.0 Å². The molecular weight excluding hydrogens is 390 g/mol. The topological polar surface area (TPSA) is 71.8 Å². The van der Waals surface area contributed by atoms with Crippen molar-refractivity contribution >= 4 is 17.2 Å². The van der Waals surface area contributed by atoms with Gasteiger partial charge in [-0.2, -0.15) is 5.10 Å². The number of hydrogen-bond donors (Lipinski definition) is 1. The van der Waals surface area contributed by atoms with Gasteiger partial charge in [-0.3, -0.25) is 4.79 Å². The largest absolute Gasteiger partial charge is 0.497 e. The van der Waals surface area contributed by atoms with Crippen LogP contribution in [-0.2, 0) is 24.2 Å². The standard InChI is InChI=1S/C24H29N5O2/c1-31-19-8-4-6-17(14-19)15-26-24(30)18-7-5-12-28(16-18)23-22-20-9-2-3-10-21(20)27-29(22)13-11-25-23/h4,6,8,11,13-14,18H,2-3,5,7,9-10,12,15-16H2,1H3,(H,26,30)/t18-/m0/s1. The van der Waals surface area contributed by atoms with Crippen molar-refractivity contribution in [3.8, 4) is 5.75 Å². The highest BCUT2D eigenvalue weighted by atomic mass is 16.5. The van der Waals surface area contributed by atoms with Crippen molar-refractivity contribution in [3.63, 3.8) is 0 Å². The molecule has 3 heterocycles. The van der Waals surface area contributed by atoms with Crippen LogP contribution >= 0.6 is 0 Å². The van der Waals surface area contributed by atoms with E-state index in [0.717, 1.165) is 54.9 Å². The zero-order valence-electron chi connectivity index (χ0n) is 18.0. The Balaban J connectivity index is 1.31. The van der Waals surface area contributed by atoms with E-state index in [1.165, 1.54) is 24.1 Å². The van der Waals surface area contributed by atoms with E-state index in [1.54, 1.807) is 7.11 Å². The monoisotopic (exact) mass is 419 g/mol. The quantitative estimate of drug-likeness (QED) is 0.688. The number of anilines is 1. The van der Waals surface area contributed by atoms with Crippen molar-refractivity contribution < 1.29 is 9.53 Å². The number of hydrogen-bond acceptors (Lipinski definition) is 5. The van der Waals surface area contributed by atoms with Crippen molar-refractivity contribution in [2.75, 3.05) is 25.1 Å². The van der Waals surface area contributed by atoms with E-state index >= 15 is 0 Å². The normalized spacial score (nSPS) is 18.6. The van der Waals surface area contributed by atoms with Gasteiger partial charge in [0.2, 0.25) is 5.91 Å². The van der Waals surface area contributed by atoms with E-state index < -0.39 is 0 Å². The molecule has 2 aliphatic rings. The first kappa shape index (κ1) is 19.8. The highest BCUT2D eigenvalue weighted by Gasteiger charge is 2.29. The summed E-state index contributed by atoms with van der Waals surface area (Å²) < 4.78 is 7.27. The Morgan fingerprint density at radius 3 is 3.06 bits per heavy atom. The third-order valence-electron chi connectivity index (χ3n) is 6.49. The number of aryl methyl sites for hydroxylation is 2. The molecule has 1 aromatic carbocycles. The summed E-state index contributed by atoms with van der Waals surface area (Å²) in [7, 11) is 1.65. The number of rotatable bonds is 5. The number of fused-ring (bicyclic) bond motifs is 3. The average Bonchev–Trinajstić information content (AvgIpc) is 3.21. The molecule has 31 heavy (non-hydrogen) atoms. The van der Waals surface area contributed by atoms with Crippen molar-refractivity contribution in [2.45, 2.75) is 45.1 Å². The molecule has 7 heteroatoms. The Hall–Kier alpha value is -3.09. The lowest BCUT2D eigenvalue weighted by Crippen LogP contribution is -2.43. The number of benzene rings is 1. The minimum atomic E-state index is -0.0415. The molecule has 0 saturated carbocycles. The summed E-state index contributed by atoms with van der Waals surface area (Å²) in [6.45, 7) is 2.12. The first-order chi connectivity index (χ1) is 15.2. The second-order valence-electron chi connectivity index (χ2n) is 8.53. The molecule has 2 aromatic heterocycles. The van der Waals surface area contributed by atoms with E-state index in [-0.39, 0.29) is 11.8 Å². The molecule has 0 bridgehead atoms. The van der Waals surface area contributed by atoms with Crippen molar-refractivity contribution in [1.29, 1.82) is 0 Å². The second kappa shape index (κ2) is 8.57. The van der Waals surface area contributed by atoms with Gasteiger partial charge in [0.1, 0.15) is 11.3 Å². The number of aromatic nitrogens is 3. The number of nitrogens with zero attached hydrogens (tertiary/aromatic N) is 4. The first-order valence-corrected chi connectivity index (χ1v) is 11.2. The van der Waals surface area contributed by atoms with Crippen molar-refractivity contribution in [3.05, 3.63) is 53.5 Å². The Morgan fingerprint density at radius 1 is 1.26 bits per heavy atom. The van der Waals surface area contributed by atoms with Gasteiger partial charge in [-0.25, -0.2) is 9.50 Å². The van der Waals surface area contributed by atoms with Gasteiger partial charge in [-0.1, -0.05) is 12.1 Å². The highest BCUT2D eigenvalue weighted by molar-refractivity contribution is 5.81. The minimum absolute atomic E-state index is 0.0415. The van der Waals surface area contributed by atoms with E-state index in [9.17, 15) is 4.79 Å². The maximum atomic E-state index is 12.9. The van der Waals surface area contributed by atoms with Gasteiger partial charge in [-0.15, -0.1) is 0 Å². The van der Waals surface area contributed by atoms with E-state index in [0.29, 0.717) is 13.1 Å². The molecule has 1 aliphatic heterocycles. The number of carbonyl (C=O) groups excluding carboxylic acids is 1. The molecule has 1 fully saturated rings. The molecule has 1 amide bonds. The van der Waals surface area contributed by atoms with E-state index in [4.69, 9.17) is 14.8 Å². The van der Waals surface area contributed by atoms with Crippen LogP contribution in [0, 0.1) is 5.92 Å². The predicted molar refractivity (Wildman–Crippen MR) is 119 cm³/mol. The van der Waals surface area contributed by atoms with Gasteiger partial charge in [-0.05, 0) is 56.2 Å². The van der Waals surface area contributed by atoms with E-state index in [2.05, 4.69) is 10.2 Å². The maximum absolute atomic E-state index is 12.9. The van der Waals surface area contributed by atoms with Crippen LogP contribution in [-0.4, -0.2) is 40.7 Å². The van der Waals surface area contributed by atoms with Gasteiger partial charge in [0, 0.05) is 37.6 Å². The van der Waals surface area contributed by atoms with Gasteiger partial charge >= 0.3 is 0 Å². The molecule has 1 atom stereocenters. The van der Waals surface area contributed by atoms with Gasteiger partial charge < -0.3 is 15.0 Å². The molecule has 1 N–H and O–H groups in total. The fourth-order valence-electron chi connectivity index (χ4n) is 4.88. The molecule has 7 nitrogen and oxygen atoms in total. The van der Waals surface area contributed by atoms with Crippen LogP contribution in [0.2, 0.25) is 0 Å². The molecule has 0 unspecified atom stereocenters. The lowest BCUT2D eigenvalue weighted by atomic mass is 9.95. The molecule has 5 rings (SSSR count). The fraction of sp³-hybridized carbons (Fsp3) is 0.458. The van der Waals surface area contributed by atoms with Crippen molar-refractivity contribution in [1.82, 2.24) is 19.9 Å². The third kappa shape index (κ3) is 3.96. The van der Waals surface area contributed by atoms with Crippen LogP contribution in [0.3, 0.4) is 0 Å². The van der Waals surface area contributed by atoms with Crippen LogP contribution in [0.25, 0.3) is 5.52 Å². The first-order valence-electron chi connectivity index (χ1n) is 11.2. The summed E-state index contributed by atoms with van der Waals surface area (Å²) in [4.78, 5) is 20.0. The van der Waals surface area contributed by atoms with Gasteiger partial charge in [0.15, 0.2) is 5.82 Å². The Morgan fingerprint density at radius 2 is 2.16 bits per heavy atom. The van der Waals surface area contributed by atoms with Gasteiger partial charge in [0.25, 0.3) is 0 Å². The number of nitrogens with one attached hydrogen (secondary N) is 1.